The van der Waals surface area contributed by atoms with Crippen molar-refractivity contribution in [2.45, 2.75) is 6.92 Å². The minimum atomic E-state index is -0.395. The molecule has 1 fully saturated rings. The molecule has 0 unspecified atom stereocenters. The summed E-state index contributed by atoms with van der Waals surface area (Å²) in [6.07, 6.45) is 0. The van der Waals surface area contributed by atoms with Crippen LogP contribution in [0.5, 0.6) is 0 Å². The number of carbonyl (C=O) groups is 1. The Morgan fingerprint density at radius 1 is 0.966 bits per heavy atom. The van der Waals surface area contributed by atoms with E-state index in [2.05, 4.69) is 5.10 Å². The molecule has 1 aromatic heterocycles. The first kappa shape index (κ1) is 18.9. The van der Waals surface area contributed by atoms with Gasteiger partial charge in [-0.2, -0.15) is 5.10 Å². The summed E-state index contributed by atoms with van der Waals surface area (Å²) >= 11 is 0. The smallest absolute Gasteiger partial charge is 0.278 e. The topological polar surface area (TPSA) is 58.4 Å². The summed E-state index contributed by atoms with van der Waals surface area (Å²) in [6.45, 7) is 3.56. The molecule has 4 rings (SSSR count). The van der Waals surface area contributed by atoms with E-state index >= 15 is 0 Å². The van der Waals surface area contributed by atoms with Crippen molar-refractivity contribution in [1.29, 1.82) is 0 Å². The standard InChI is InChI=1S/C22H21FN4O2/c1-16-15-20(28)21(24-27(16)17-7-3-2-4-8-17)22(29)26-13-11-25(12-14-26)19-10-6-5-9-18(19)23/h2-10,15H,11-14H2,1H3. The van der Waals surface area contributed by atoms with E-state index in [0.717, 1.165) is 5.69 Å². The normalized spacial score (nSPS) is 14.1. The lowest BCUT2D eigenvalue weighted by Gasteiger charge is -2.36. The minimum absolute atomic E-state index is 0.0983. The Kier molecular flexibility index (Phi) is 5.12. The lowest BCUT2D eigenvalue weighted by Crippen LogP contribution is -2.50. The zero-order chi connectivity index (χ0) is 20.4. The van der Waals surface area contributed by atoms with Gasteiger partial charge in [-0.25, -0.2) is 9.07 Å². The fourth-order valence-electron chi connectivity index (χ4n) is 3.53. The molecule has 2 heterocycles. The van der Waals surface area contributed by atoms with Crippen molar-refractivity contribution >= 4 is 11.6 Å². The van der Waals surface area contributed by atoms with Gasteiger partial charge in [0.2, 0.25) is 5.43 Å². The Labute approximate surface area is 167 Å². The highest BCUT2D eigenvalue weighted by atomic mass is 19.1. The van der Waals surface area contributed by atoms with E-state index in [1.807, 2.05) is 35.2 Å². The van der Waals surface area contributed by atoms with Crippen LogP contribution >= 0.6 is 0 Å². The first-order valence-corrected chi connectivity index (χ1v) is 9.50. The second-order valence-electron chi connectivity index (χ2n) is 6.98. The van der Waals surface area contributed by atoms with Crippen LogP contribution in [-0.4, -0.2) is 46.8 Å². The molecule has 29 heavy (non-hydrogen) atoms. The van der Waals surface area contributed by atoms with Crippen LogP contribution in [-0.2, 0) is 0 Å². The Bertz CT molecular complexity index is 1090. The number of anilines is 1. The fraction of sp³-hybridized carbons (Fsp3) is 0.227. The molecule has 1 aliphatic rings. The summed E-state index contributed by atoms with van der Waals surface area (Å²) in [4.78, 5) is 28.9. The molecule has 0 bridgehead atoms. The highest BCUT2D eigenvalue weighted by Gasteiger charge is 2.26. The summed E-state index contributed by atoms with van der Waals surface area (Å²) in [5, 5.41) is 4.35. The number of benzene rings is 2. The van der Waals surface area contributed by atoms with Crippen molar-refractivity contribution in [3.63, 3.8) is 0 Å². The Balaban J connectivity index is 1.55. The van der Waals surface area contributed by atoms with Gasteiger partial charge < -0.3 is 9.80 Å². The molecule has 2 aromatic carbocycles. The molecule has 7 heteroatoms. The van der Waals surface area contributed by atoms with Crippen LogP contribution in [0.4, 0.5) is 10.1 Å². The summed E-state index contributed by atoms with van der Waals surface area (Å²) in [5.74, 6) is -0.675. The summed E-state index contributed by atoms with van der Waals surface area (Å²) < 4.78 is 15.6. The SMILES string of the molecule is Cc1cc(=O)c(C(=O)N2CCN(c3ccccc3F)CC2)nn1-c1ccccc1. The third kappa shape index (κ3) is 3.76. The molecule has 0 spiro atoms. The zero-order valence-corrected chi connectivity index (χ0v) is 16.1. The van der Waals surface area contributed by atoms with Gasteiger partial charge in [-0.3, -0.25) is 9.59 Å². The van der Waals surface area contributed by atoms with Crippen LogP contribution in [0.15, 0.2) is 65.5 Å². The van der Waals surface area contributed by atoms with E-state index < -0.39 is 11.3 Å². The monoisotopic (exact) mass is 392 g/mol. The Morgan fingerprint density at radius 2 is 1.62 bits per heavy atom. The largest absolute Gasteiger partial charge is 0.366 e. The third-order valence-corrected chi connectivity index (χ3v) is 5.07. The summed E-state index contributed by atoms with van der Waals surface area (Å²) in [5.41, 5.74) is 1.47. The van der Waals surface area contributed by atoms with E-state index in [1.54, 1.807) is 34.7 Å². The van der Waals surface area contributed by atoms with E-state index in [-0.39, 0.29) is 11.5 Å². The molecule has 0 radical (unpaired) electrons. The fourth-order valence-corrected chi connectivity index (χ4v) is 3.53. The third-order valence-electron chi connectivity index (χ3n) is 5.07. The molecule has 0 aliphatic carbocycles. The number of aromatic nitrogens is 2. The predicted molar refractivity (Wildman–Crippen MR) is 109 cm³/mol. The highest BCUT2D eigenvalue weighted by molar-refractivity contribution is 5.92. The number of rotatable bonds is 3. The van der Waals surface area contributed by atoms with E-state index in [9.17, 15) is 14.0 Å². The molecular weight excluding hydrogens is 371 g/mol. The van der Waals surface area contributed by atoms with Crippen molar-refractivity contribution in [2.75, 3.05) is 31.1 Å². The average Bonchev–Trinajstić information content (AvgIpc) is 2.74. The molecule has 1 amide bonds. The summed E-state index contributed by atoms with van der Waals surface area (Å²) in [7, 11) is 0. The molecule has 0 atom stereocenters. The number of nitrogens with zero attached hydrogens (tertiary/aromatic N) is 4. The number of aryl methyl sites for hydroxylation is 1. The molecule has 148 valence electrons. The van der Waals surface area contributed by atoms with Gasteiger partial charge in [0.05, 0.1) is 11.4 Å². The first-order chi connectivity index (χ1) is 14.0. The lowest BCUT2D eigenvalue weighted by atomic mass is 10.2. The van der Waals surface area contributed by atoms with Crippen LogP contribution in [0, 0.1) is 12.7 Å². The number of piperazine rings is 1. The maximum absolute atomic E-state index is 14.0. The number of amides is 1. The van der Waals surface area contributed by atoms with Crippen molar-refractivity contribution in [3.05, 3.63) is 88.1 Å². The van der Waals surface area contributed by atoms with Gasteiger partial charge in [-0.05, 0) is 31.2 Å². The van der Waals surface area contributed by atoms with Crippen molar-refractivity contribution < 1.29 is 9.18 Å². The van der Waals surface area contributed by atoms with E-state index in [4.69, 9.17) is 0 Å². The molecule has 1 aliphatic heterocycles. The van der Waals surface area contributed by atoms with Crippen LogP contribution < -0.4 is 10.3 Å². The molecule has 6 nitrogen and oxygen atoms in total. The van der Waals surface area contributed by atoms with E-state index in [1.165, 1.54) is 12.1 Å². The second-order valence-corrected chi connectivity index (χ2v) is 6.98. The molecule has 1 saturated heterocycles. The highest BCUT2D eigenvalue weighted by Crippen LogP contribution is 2.20. The Hall–Kier alpha value is -3.48. The van der Waals surface area contributed by atoms with Crippen molar-refractivity contribution in [1.82, 2.24) is 14.7 Å². The van der Waals surface area contributed by atoms with Crippen LogP contribution in [0.3, 0.4) is 0 Å². The molecule has 0 saturated carbocycles. The average molecular weight is 392 g/mol. The number of carbonyl (C=O) groups excluding carboxylic acids is 1. The quantitative estimate of drug-likeness (QED) is 0.688. The van der Waals surface area contributed by atoms with Crippen LogP contribution in [0.1, 0.15) is 16.2 Å². The van der Waals surface area contributed by atoms with Gasteiger partial charge in [0.25, 0.3) is 5.91 Å². The van der Waals surface area contributed by atoms with Gasteiger partial charge in [0, 0.05) is 37.9 Å². The van der Waals surface area contributed by atoms with Gasteiger partial charge >= 0.3 is 0 Å². The maximum Gasteiger partial charge on any atom is 0.278 e. The van der Waals surface area contributed by atoms with Crippen LogP contribution in [0.2, 0.25) is 0 Å². The minimum Gasteiger partial charge on any atom is -0.366 e. The number of halogens is 1. The summed E-state index contributed by atoms with van der Waals surface area (Å²) in [6, 6.07) is 17.4. The predicted octanol–water partition coefficient (Wildman–Crippen LogP) is 2.64. The molecule has 0 N–H and O–H groups in total. The van der Waals surface area contributed by atoms with Crippen molar-refractivity contribution in [2.24, 2.45) is 0 Å². The number of hydrogen-bond donors (Lipinski definition) is 0. The van der Waals surface area contributed by atoms with Crippen LogP contribution in [0.25, 0.3) is 5.69 Å². The second kappa shape index (κ2) is 7.87. The van der Waals surface area contributed by atoms with Crippen molar-refractivity contribution in [3.8, 4) is 5.69 Å². The first-order valence-electron chi connectivity index (χ1n) is 9.50. The Morgan fingerprint density at radius 3 is 2.31 bits per heavy atom. The van der Waals surface area contributed by atoms with Gasteiger partial charge in [-0.15, -0.1) is 0 Å². The molecule has 3 aromatic rings. The zero-order valence-electron chi connectivity index (χ0n) is 16.1. The van der Waals surface area contributed by atoms with Gasteiger partial charge in [0.1, 0.15) is 5.82 Å². The number of para-hydroxylation sites is 2. The lowest BCUT2D eigenvalue weighted by molar-refractivity contribution is 0.0737. The molecular formula is C22H21FN4O2. The van der Waals surface area contributed by atoms with Gasteiger partial charge in [0.15, 0.2) is 5.69 Å². The number of hydrogen-bond acceptors (Lipinski definition) is 4. The van der Waals surface area contributed by atoms with Gasteiger partial charge in [-0.1, -0.05) is 30.3 Å². The van der Waals surface area contributed by atoms with E-state index in [0.29, 0.717) is 37.6 Å². The maximum atomic E-state index is 14.0.